The van der Waals surface area contributed by atoms with Gasteiger partial charge in [0.2, 0.25) is 0 Å². The fourth-order valence-electron chi connectivity index (χ4n) is 1.44. The number of hydrogen-bond acceptors (Lipinski definition) is 4. The molecule has 2 aromatic rings. The molecule has 2 N–H and O–H groups in total. The van der Waals surface area contributed by atoms with E-state index in [1.54, 1.807) is 6.20 Å². The molecule has 0 fully saturated rings. The maximum Gasteiger partial charge on any atom is 0.152 e. The molecule has 0 radical (unpaired) electrons. The first kappa shape index (κ1) is 10.7. The summed E-state index contributed by atoms with van der Waals surface area (Å²) in [6.07, 6.45) is 2.33. The number of hydrogen-bond donors (Lipinski definition) is 1. The summed E-state index contributed by atoms with van der Waals surface area (Å²) < 4.78 is 0. The Bertz CT molecular complexity index is 465. The third-order valence-corrected chi connectivity index (χ3v) is 2.32. The summed E-state index contributed by atoms with van der Waals surface area (Å²) in [6, 6.07) is 8.18. The smallest absolute Gasteiger partial charge is 0.152 e. The van der Waals surface area contributed by atoms with Crippen molar-refractivity contribution in [3.8, 4) is 11.3 Å². The number of benzene rings is 1. The molecule has 0 aliphatic heterocycles. The highest BCUT2D eigenvalue weighted by atomic mass is 15.1. The summed E-state index contributed by atoms with van der Waals surface area (Å²) in [5.41, 5.74) is 8.59. The SMILES string of the molecule is Cc1ccc(-c2cnnc(CCN)n2)cc1. The van der Waals surface area contributed by atoms with Crippen LogP contribution in [0.25, 0.3) is 11.3 Å². The molecular formula is C12H14N4. The fourth-order valence-corrected chi connectivity index (χ4v) is 1.44. The maximum absolute atomic E-state index is 5.46. The van der Waals surface area contributed by atoms with Gasteiger partial charge in [0.1, 0.15) is 0 Å². The van der Waals surface area contributed by atoms with Gasteiger partial charge in [-0.2, -0.15) is 5.10 Å². The van der Waals surface area contributed by atoms with Gasteiger partial charge in [0.25, 0.3) is 0 Å². The molecule has 0 bridgehead atoms. The average Bonchev–Trinajstić information content (AvgIpc) is 2.31. The first-order chi connectivity index (χ1) is 7.79. The summed E-state index contributed by atoms with van der Waals surface area (Å²) in [4.78, 5) is 4.41. The quantitative estimate of drug-likeness (QED) is 0.837. The van der Waals surface area contributed by atoms with Crippen molar-refractivity contribution in [1.29, 1.82) is 0 Å². The molecule has 0 unspecified atom stereocenters. The zero-order valence-corrected chi connectivity index (χ0v) is 9.22. The van der Waals surface area contributed by atoms with E-state index < -0.39 is 0 Å². The Hall–Kier alpha value is -1.81. The maximum atomic E-state index is 5.46. The van der Waals surface area contributed by atoms with Crippen molar-refractivity contribution >= 4 is 0 Å². The molecule has 1 aromatic heterocycles. The molecule has 0 saturated carbocycles. The Labute approximate surface area is 94.6 Å². The number of aryl methyl sites for hydroxylation is 1. The number of nitrogens with two attached hydrogens (primary N) is 1. The molecule has 1 aromatic carbocycles. The highest BCUT2D eigenvalue weighted by Gasteiger charge is 2.02. The van der Waals surface area contributed by atoms with E-state index >= 15 is 0 Å². The lowest BCUT2D eigenvalue weighted by Gasteiger charge is -2.02. The van der Waals surface area contributed by atoms with Crippen LogP contribution >= 0.6 is 0 Å². The van der Waals surface area contributed by atoms with Crippen molar-refractivity contribution in [2.75, 3.05) is 6.54 Å². The molecule has 4 nitrogen and oxygen atoms in total. The van der Waals surface area contributed by atoms with Crippen LogP contribution in [0.5, 0.6) is 0 Å². The fraction of sp³-hybridized carbons (Fsp3) is 0.250. The molecule has 1 heterocycles. The molecule has 16 heavy (non-hydrogen) atoms. The van der Waals surface area contributed by atoms with E-state index in [1.165, 1.54) is 5.56 Å². The Morgan fingerprint density at radius 3 is 2.62 bits per heavy atom. The second-order valence-corrected chi connectivity index (χ2v) is 3.66. The zero-order chi connectivity index (χ0) is 11.4. The zero-order valence-electron chi connectivity index (χ0n) is 9.22. The van der Waals surface area contributed by atoms with Gasteiger partial charge < -0.3 is 5.73 Å². The summed E-state index contributed by atoms with van der Waals surface area (Å²) in [5, 5.41) is 7.87. The first-order valence-corrected chi connectivity index (χ1v) is 5.25. The highest BCUT2D eigenvalue weighted by molar-refractivity contribution is 5.58. The third-order valence-electron chi connectivity index (χ3n) is 2.32. The lowest BCUT2D eigenvalue weighted by atomic mass is 10.1. The number of aromatic nitrogens is 3. The van der Waals surface area contributed by atoms with Crippen LogP contribution in [0.1, 0.15) is 11.4 Å². The molecule has 4 heteroatoms. The van der Waals surface area contributed by atoms with Crippen molar-refractivity contribution in [2.24, 2.45) is 5.73 Å². The van der Waals surface area contributed by atoms with E-state index in [0.717, 1.165) is 11.3 Å². The van der Waals surface area contributed by atoms with Gasteiger partial charge in [-0.15, -0.1) is 5.10 Å². The Morgan fingerprint density at radius 2 is 1.94 bits per heavy atom. The topological polar surface area (TPSA) is 64.7 Å². The van der Waals surface area contributed by atoms with Crippen LogP contribution in [0.3, 0.4) is 0 Å². The summed E-state index contributed by atoms with van der Waals surface area (Å²) in [7, 11) is 0. The highest BCUT2D eigenvalue weighted by Crippen LogP contribution is 2.16. The molecule has 0 aliphatic rings. The Kier molecular flexibility index (Phi) is 3.22. The van der Waals surface area contributed by atoms with E-state index in [4.69, 9.17) is 5.73 Å². The minimum absolute atomic E-state index is 0.541. The summed E-state index contributed by atoms with van der Waals surface area (Å²) >= 11 is 0. The van der Waals surface area contributed by atoms with Crippen molar-refractivity contribution in [1.82, 2.24) is 15.2 Å². The number of rotatable bonds is 3. The van der Waals surface area contributed by atoms with E-state index in [-0.39, 0.29) is 0 Å². The molecule has 0 aliphatic carbocycles. The molecule has 0 spiro atoms. The molecule has 0 amide bonds. The largest absolute Gasteiger partial charge is 0.330 e. The van der Waals surface area contributed by atoms with E-state index in [0.29, 0.717) is 18.8 Å². The lowest BCUT2D eigenvalue weighted by molar-refractivity contribution is 0.812. The van der Waals surface area contributed by atoms with Crippen LogP contribution in [-0.4, -0.2) is 21.7 Å². The van der Waals surface area contributed by atoms with Crippen LogP contribution in [0.4, 0.5) is 0 Å². The van der Waals surface area contributed by atoms with Crippen LogP contribution in [0, 0.1) is 6.92 Å². The standard InChI is InChI=1S/C12H14N4/c1-9-2-4-10(5-3-9)11-8-14-16-12(15-11)6-7-13/h2-5,8H,6-7,13H2,1H3. The van der Waals surface area contributed by atoms with E-state index in [1.807, 2.05) is 12.1 Å². The van der Waals surface area contributed by atoms with Crippen LogP contribution < -0.4 is 5.73 Å². The minimum Gasteiger partial charge on any atom is -0.330 e. The second-order valence-electron chi connectivity index (χ2n) is 3.66. The predicted octanol–water partition coefficient (Wildman–Crippen LogP) is 1.35. The summed E-state index contributed by atoms with van der Waals surface area (Å²) in [5.74, 6) is 0.695. The van der Waals surface area contributed by atoms with Gasteiger partial charge in [-0.05, 0) is 13.5 Å². The van der Waals surface area contributed by atoms with Crippen molar-refractivity contribution in [3.05, 3.63) is 41.9 Å². The van der Waals surface area contributed by atoms with Crippen LogP contribution in [-0.2, 0) is 6.42 Å². The first-order valence-electron chi connectivity index (χ1n) is 5.25. The molecule has 82 valence electrons. The van der Waals surface area contributed by atoms with Gasteiger partial charge in [-0.1, -0.05) is 29.8 Å². The van der Waals surface area contributed by atoms with Gasteiger partial charge in [0, 0.05) is 12.0 Å². The van der Waals surface area contributed by atoms with Gasteiger partial charge in [-0.25, -0.2) is 4.98 Å². The third kappa shape index (κ3) is 2.41. The van der Waals surface area contributed by atoms with Gasteiger partial charge in [0.05, 0.1) is 11.9 Å². The monoisotopic (exact) mass is 214 g/mol. The van der Waals surface area contributed by atoms with E-state index in [9.17, 15) is 0 Å². The summed E-state index contributed by atoms with van der Waals surface area (Å²) in [6.45, 7) is 2.60. The Morgan fingerprint density at radius 1 is 1.19 bits per heavy atom. The lowest BCUT2D eigenvalue weighted by Crippen LogP contribution is -2.07. The van der Waals surface area contributed by atoms with Crippen molar-refractivity contribution < 1.29 is 0 Å². The molecule has 0 atom stereocenters. The van der Waals surface area contributed by atoms with Crippen molar-refractivity contribution in [3.63, 3.8) is 0 Å². The normalized spacial score (nSPS) is 10.4. The minimum atomic E-state index is 0.541. The number of nitrogens with zero attached hydrogens (tertiary/aromatic N) is 3. The van der Waals surface area contributed by atoms with Gasteiger partial charge >= 0.3 is 0 Å². The van der Waals surface area contributed by atoms with Crippen molar-refractivity contribution in [2.45, 2.75) is 13.3 Å². The molecule has 2 rings (SSSR count). The second kappa shape index (κ2) is 4.81. The molecule has 0 saturated heterocycles. The van der Waals surface area contributed by atoms with Crippen LogP contribution in [0.15, 0.2) is 30.5 Å². The molecular weight excluding hydrogens is 200 g/mol. The van der Waals surface area contributed by atoms with Gasteiger partial charge in [0.15, 0.2) is 5.82 Å². The van der Waals surface area contributed by atoms with Crippen LogP contribution in [0.2, 0.25) is 0 Å². The Balaban J connectivity index is 2.32. The van der Waals surface area contributed by atoms with Gasteiger partial charge in [-0.3, -0.25) is 0 Å². The average molecular weight is 214 g/mol. The van der Waals surface area contributed by atoms with E-state index in [2.05, 4.69) is 34.2 Å². The predicted molar refractivity (Wildman–Crippen MR) is 62.8 cm³/mol.